The summed E-state index contributed by atoms with van der Waals surface area (Å²) in [7, 11) is 0. The summed E-state index contributed by atoms with van der Waals surface area (Å²) in [6.45, 7) is 4.29. The summed E-state index contributed by atoms with van der Waals surface area (Å²) in [4.78, 5) is 13.6. The minimum atomic E-state index is 0.254. The van der Waals surface area contributed by atoms with Crippen molar-refractivity contribution in [2.75, 3.05) is 24.6 Å². The molecule has 1 saturated heterocycles. The SMILES string of the molecule is CC1CN(c2ccc(C=O)s2)CC1CO. The van der Waals surface area contributed by atoms with E-state index in [0.717, 1.165) is 29.3 Å². The maximum atomic E-state index is 10.6. The molecule has 4 heteroatoms. The monoisotopic (exact) mass is 225 g/mol. The molecule has 1 N–H and O–H groups in total. The molecule has 1 aliphatic rings. The molecule has 2 heterocycles. The van der Waals surface area contributed by atoms with Crippen molar-refractivity contribution in [1.82, 2.24) is 0 Å². The number of aliphatic hydroxyl groups is 1. The number of thiophene rings is 1. The molecule has 2 rings (SSSR count). The number of nitrogens with zero attached hydrogens (tertiary/aromatic N) is 1. The Morgan fingerprint density at radius 2 is 2.40 bits per heavy atom. The predicted molar refractivity (Wildman–Crippen MR) is 61.7 cm³/mol. The minimum Gasteiger partial charge on any atom is -0.396 e. The molecule has 0 aliphatic carbocycles. The number of rotatable bonds is 3. The lowest BCUT2D eigenvalue weighted by atomic mass is 10.00. The average Bonchev–Trinajstić information content (AvgIpc) is 2.83. The van der Waals surface area contributed by atoms with Gasteiger partial charge in [-0.3, -0.25) is 4.79 Å². The number of aliphatic hydroxyl groups excluding tert-OH is 1. The second kappa shape index (κ2) is 4.33. The van der Waals surface area contributed by atoms with Crippen LogP contribution < -0.4 is 4.90 Å². The number of carbonyl (C=O) groups excluding carboxylic acids is 1. The maximum absolute atomic E-state index is 10.6. The molecule has 1 fully saturated rings. The molecule has 1 aromatic rings. The standard InChI is InChI=1S/C11H15NO2S/c1-8-4-12(5-9(8)6-13)11-3-2-10(7-14)15-11/h2-3,7-9,13H,4-6H2,1H3. The molecule has 82 valence electrons. The first-order valence-electron chi connectivity index (χ1n) is 5.15. The van der Waals surface area contributed by atoms with Crippen molar-refractivity contribution < 1.29 is 9.90 Å². The lowest BCUT2D eigenvalue weighted by Crippen LogP contribution is -2.19. The second-order valence-corrected chi connectivity index (χ2v) is 5.21. The molecule has 0 radical (unpaired) electrons. The first kappa shape index (κ1) is 10.6. The average molecular weight is 225 g/mol. The number of carbonyl (C=O) groups is 1. The zero-order chi connectivity index (χ0) is 10.8. The zero-order valence-electron chi connectivity index (χ0n) is 8.72. The molecule has 1 aromatic heterocycles. The van der Waals surface area contributed by atoms with E-state index < -0.39 is 0 Å². The van der Waals surface area contributed by atoms with Gasteiger partial charge in [0.1, 0.15) is 0 Å². The van der Waals surface area contributed by atoms with Crippen LogP contribution >= 0.6 is 11.3 Å². The quantitative estimate of drug-likeness (QED) is 0.795. The van der Waals surface area contributed by atoms with E-state index in [1.165, 1.54) is 11.3 Å². The summed E-state index contributed by atoms with van der Waals surface area (Å²) in [5.41, 5.74) is 0. The molecule has 0 amide bonds. The largest absolute Gasteiger partial charge is 0.396 e. The van der Waals surface area contributed by atoms with Gasteiger partial charge >= 0.3 is 0 Å². The zero-order valence-corrected chi connectivity index (χ0v) is 9.54. The number of hydrogen-bond acceptors (Lipinski definition) is 4. The number of anilines is 1. The Morgan fingerprint density at radius 1 is 1.60 bits per heavy atom. The normalized spacial score (nSPS) is 25.9. The minimum absolute atomic E-state index is 0.254. The van der Waals surface area contributed by atoms with Crippen LogP contribution in [0.4, 0.5) is 5.00 Å². The molecule has 0 spiro atoms. The van der Waals surface area contributed by atoms with Gasteiger partial charge in [-0.25, -0.2) is 0 Å². The summed E-state index contributed by atoms with van der Waals surface area (Å²) < 4.78 is 0. The second-order valence-electron chi connectivity index (χ2n) is 4.12. The van der Waals surface area contributed by atoms with Gasteiger partial charge in [0.05, 0.1) is 9.88 Å². The molecule has 1 aliphatic heterocycles. The lowest BCUT2D eigenvalue weighted by molar-refractivity contribution is 0.112. The fourth-order valence-electron chi connectivity index (χ4n) is 2.03. The van der Waals surface area contributed by atoms with E-state index in [4.69, 9.17) is 0 Å². The first-order valence-corrected chi connectivity index (χ1v) is 5.97. The van der Waals surface area contributed by atoms with Crippen molar-refractivity contribution >= 4 is 22.6 Å². The highest BCUT2D eigenvalue weighted by atomic mass is 32.1. The van der Waals surface area contributed by atoms with Gasteiger partial charge in [0, 0.05) is 25.6 Å². The van der Waals surface area contributed by atoms with Gasteiger partial charge in [-0.05, 0) is 18.1 Å². The highest BCUT2D eigenvalue weighted by molar-refractivity contribution is 7.17. The van der Waals surface area contributed by atoms with E-state index in [1.54, 1.807) is 0 Å². The molecule has 2 unspecified atom stereocenters. The van der Waals surface area contributed by atoms with Gasteiger partial charge in [0.15, 0.2) is 6.29 Å². The van der Waals surface area contributed by atoms with Crippen LogP contribution in [0.2, 0.25) is 0 Å². The number of aldehydes is 1. The molecule has 3 nitrogen and oxygen atoms in total. The van der Waals surface area contributed by atoms with E-state index in [9.17, 15) is 9.90 Å². The van der Waals surface area contributed by atoms with E-state index in [1.807, 2.05) is 12.1 Å². The third-order valence-electron chi connectivity index (χ3n) is 3.04. The Labute approximate surface area is 93.3 Å². The maximum Gasteiger partial charge on any atom is 0.160 e. The Morgan fingerprint density at radius 3 is 2.93 bits per heavy atom. The van der Waals surface area contributed by atoms with Crippen molar-refractivity contribution in [3.05, 3.63) is 17.0 Å². The van der Waals surface area contributed by atoms with Crippen molar-refractivity contribution in [3.8, 4) is 0 Å². The van der Waals surface area contributed by atoms with Crippen molar-refractivity contribution in [1.29, 1.82) is 0 Å². The molecular weight excluding hydrogens is 210 g/mol. The summed E-state index contributed by atoms with van der Waals surface area (Å²) in [6, 6.07) is 3.84. The topological polar surface area (TPSA) is 40.5 Å². The van der Waals surface area contributed by atoms with E-state index in [-0.39, 0.29) is 6.61 Å². The Hall–Kier alpha value is -0.870. The van der Waals surface area contributed by atoms with Crippen molar-refractivity contribution in [2.24, 2.45) is 11.8 Å². The molecule has 0 aromatic carbocycles. The van der Waals surface area contributed by atoms with Gasteiger partial charge in [0.2, 0.25) is 0 Å². The van der Waals surface area contributed by atoms with Crippen LogP contribution in [-0.4, -0.2) is 31.1 Å². The lowest BCUT2D eigenvalue weighted by Gasteiger charge is -2.15. The summed E-state index contributed by atoms with van der Waals surface area (Å²) in [5.74, 6) is 0.892. The highest BCUT2D eigenvalue weighted by Crippen LogP contribution is 2.32. The van der Waals surface area contributed by atoms with Crippen LogP contribution in [0.5, 0.6) is 0 Å². The van der Waals surface area contributed by atoms with Gasteiger partial charge in [-0.15, -0.1) is 11.3 Å². The van der Waals surface area contributed by atoms with Crippen LogP contribution in [-0.2, 0) is 0 Å². The van der Waals surface area contributed by atoms with Gasteiger partial charge in [-0.1, -0.05) is 6.92 Å². The smallest absolute Gasteiger partial charge is 0.160 e. The van der Waals surface area contributed by atoms with Crippen molar-refractivity contribution in [3.63, 3.8) is 0 Å². The number of hydrogen-bond donors (Lipinski definition) is 1. The summed E-state index contributed by atoms with van der Waals surface area (Å²) in [5, 5.41) is 10.3. The van der Waals surface area contributed by atoms with Crippen LogP contribution in [0.1, 0.15) is 16.6 Å². The Bertz CT molecular complexity index is 350. The van der Waals surface area contributed by atoms with Crippen LogP contribution in [0, 0.1) is 11.8 Å². The Balaban J connectivity index is 2.09. The van der Waals surface area contributed by atoms with Crippen LogP contribution in [0.15, 0.2) is 12.1 Å². The molecule has 15 heavy (non-hydrogen) atoms. The molecule has 0 bridgehead atoms. The van der Waals surface area contributed by atoms with E-state index in [2.05, 4.69) is 11.8 Å². The fraction of sp³-hybridized carbons (Fsp3) is 0.545. The van der Waals surface area contributed by atoms with Gasteiger partial charge in [0.25, 0.3) is 0 Å². The first-order chi connectivity index (χ1) is 7.24. The summed E-state index contributed by atoms with van der Waals surface area (Å²) >= 11 is 1.52. The van der Waals surface area contributed by atoms with Gasteiger partial charge in [-0.2, -0.15) is 0 Å². The van der Waals surface area contributed by atoms with Crippen LogP contribution in [0.25, 0.3) is 0 Å². The van der Waals surface area contributed by atoms with E-state index >= 15 is 0 Å². The Kier molecular flexibility index (Phi) is 3.07. The molecule has 2 atom stereocenters. The third-order valence-corrected chi connectivity index (χ3v) is 4.11. The summed E-state index contributed by atoms with van der Waals surface area (Å²) in [6.07, 6.45) is 0.886. The van der Waals surface area contributed by atoms with Crippen molar-refractivity contribution in [2.45, 2.75) is 6.92 Å². The third kappa shape index (κ3) is 2.06. The fourth-order valence-corrected chi connectivity index (χ4v) is 2.87. The highest BCUT2D eigenvalue weighted by Gasteiger charge is 2.29. The van der Waals surface area contributed by atoms with Gasteiger partial charge < -0.3 is 10.0 Å². The molecule has 0 saturated carbocycles. The molecular formula is C11H15NO2S. The van der Waals surface area contributed by atoms with Crippen LogP contribution in [0.3, 0.4) is 0 Å². The predicted octanol–water partition coefficient (Wildman–Crippen LogP) is 1.63. The van der Waals surface area contributed by atoms with E-state index in [0.29, 0.717) is 11.8 Å².